The lowest BCUT2D eigenvalue weighted by Gasteiger charge is -2.25. The summed E-state index contributed by atoms with van der Waals surface area (Å²) in [4.78, 5) is 25.0. The quantitative estimate of drug-likeness (QED) is 0.889. The van der Waals surface area contributed by atoms with E-state index in [-0.39, 0.29) is 24.4 Å². The molecule has 0 saturated carbocycles. The minimum atomic E-state index is -0.338. The molecule has 0 aromatic heterocycles. The minimum absolute atomic E-state index is 0.123. The van der Waals surface area contributed by atoms with E-state index in [9.17, 15) is 9.59 Å². The largest absolute Gasteiger partial charge is 0.359 e. The van der Waals surface area contributed by atoms with Gasteiger partial charge >= 0.3 is 6.03 Å². The number of benzene rings is 1. The van der Waals surface area contributed by atoms with Crippen LogP contribution in [0.15, 0.2) is 12.1 Å². The second-order valence-corrected chi connectivity index (χ2v) is 5.59. The molecule has 1 rings (SSSR count). The molecule has 0 aliphatic heterocycles. The van der Waals surface area contributed by atoms with Crippen molar-refractivity contribution in [3.8, 4) is 0 Å². The maximum absolute atomic E-state index is 12.2. The van der Waals surface area contributed by atoms with E-state index in [0.717, 1.165) is 0 Å². The highest BCUT2D eigenvalue weighted by Gasteiger charge is 2.19. The van der Waals surface area contributed by atoms with Crippen LogP contribution in [-0.4, -0.2) is 37.0 Å². The summed E-state index contributed by atoms with van der Waals surface area (Å²) in [6.45, 7) is 3.57. The molecule has 0 unspecified atom stereocenters. The molecule has 0 fully saturated rings. The van der Waals surface area contributed by atoms with E-state index in [0.29, 0.717) is 21.3 Å². The van der Waals surface area contributed by atoms with Gasteiger partial charge in [-0.25, -0.2) is 4.79 Å². The number of urea groups is 1. The number of carbonyl (C=O) groups excluding carboxylic acids is 2. The summed E-state index contributed by atoms with van der Waals surface area (Å²) in [7, 11) is 3.19. The Morgan fingerprint density at radius 2 is 1.95 bits per heavy atom. The maximum atomic E-state index is 12.2. The van der Waals surface area contributed by atoms with Crippen LogP contribution in [0.2, 0.25) is 10.0 Å². The number of nitrogens with one attached hydrogen (secondary N) is 2. The van der Waals surface area contributed by atoms with E-state index in [1.807, 2.05) is 0 Å². The zero-order valence-corrected chi connectivity index (χ0v) is 14.0. The number of rotatable bonds is 4. The molecule has 2 N–H and O–H groups in total. The normalized spacial score (nSPS) is 11.7. The molecule has 0 aliphatic rings. The number of hydrogen-bond donors (Lipinski definition) is 2. The van der Waals surface area contributed by atoms with E-state index >= 15 is 0 Å². The molecule has 0 radical (unpaired) electrons. The van der Waals surface area contributed by atoms with Crippen molar-refractivity contribution >= 4 is 40.8 Å². The summed E-state index contributed by atoms with van der Waals surface area (Å²) in [5.41, 5.74) is 1.19. The van der Waals surface area contributed by atoms with Gasteiger partial charge in [0.2, 0.25) is 5.91 Å². The van der Waals surface area contributed by atoms with E-state index in [1.165, 1.54) is 4.90 Å². The van der Waals surface area contributed by atoms with E-state index in [1.54, 1.807) is 40.1 Å². The molecule has 0 saturated heterocycles. The first-order valence-electron chi connectivity index (χ1n) is 6.47. The molecule has 0 bridgehead atoms. The van der Waals surface area contributed by atoms with Gasteiger partial charge in [-0.3, -0.25) is 4.79 Å². The smallest absolute Gasteiger partial charge is 0.321 e. The molecular formula is C14H19Cl2N3O2. The van der Waals surface area contributed by atoms with Crippen molar-refractivity contribution in [2.45, 2.75) is 26.3 Å². The molecule has 1 aromatic rings. The lowest BCUT2D eigenvalue weighted by atomic mass is 10.2. The molecule has 0 heterocycles. The van der Waals surface area contributed by atoms with Gasteiger partial charge in [-0.15, -0.1) is 0 Å². The first-order valence-corrected chi connectivity index (χ1v) is 7.22. The molecule has 1 atom stereocenters. The third kappa shape index (κ3) is 4.51. The Balaban J connectivity index is 2.77. The summed E-state index contributed by atoms with van der Waals surface area (Å²) >= 11 is 12.1. The van der Waals surface area contributed by atoms with E-state index in [4.69, 9.17) is 23.2 Å². The predicted octanol–water partition coefficient (Wildman–Crippen LogP) is 3.29. The zero-order valence-electron chi connectivity index (χ0n) is 12.5. The van der Waals surface area contributed by atoms with Gasteiger partial charge < -0.3 is 15.5 Å². The number of carbonyl (C=O) groups is 2. The van der Waals surface area contributed by atoms with Crippen LogP contribution in [0.4, 0.5) is 10.5 Å². The van der Waals surface area contributed by atoms with Gasteiger partial charge in [0.05, 0.1) is 10.7 Å². The maximum Gasteiger partial charge on any atom is 0.321 e. The van der Waals surface area contributed by atoms with Gasteiger partial charge in [-0.05, 0) is 31.5 Å². The average molecular weight is 332 g/mol. The number of nitrogens with zero attached hydrogens (tertiary/aromatic N) is 1. The highest BCUT2D eigenvalue weighted by Crippen LogP contribution is 2.31. The predicted molar refractivity (Wildman–Crippen MR) is 86.1 cm³/mol. The van der Waals surface area contributed by atoms with E-state index < -0.39 is 0 Å². The number of halogens is 2. The van der Waals surface area contributed by atoms with Gasteiger partial charge in [-0.2, -0.15) is 0 Å². The fourth-order valence-electron chi connectivity index (χ4n) is 1.67. The lowest BCUT2D eigenvalue weighted by Crippen LogP contribution is -2.40. The van der Waals surface area contributed by atoms with Crippen molar-refractivity contribution in [1.29, 1.82) is 0 Å². The monoisotopic (exact) mass is 331 g/mol. The fraction of sp³-hybridized carbons (Fsp3) is 0.429. The van der Waals surface area contributed by atoms with Crippen molar-refractivity contribution in [3.63, 3.8) is 0 Å². The van der Waals surface area contributed by atoms with Gasteiger partial charge in [-0.1, -0.05) is 23.2 Å². The van der Waals surface area contributed by atoms with Crippen LogP contribution < -0.4 is 10.6 Å². The van der Waals surface area contributed by atoms with Crippen LogP contribution in [-0.2, 0) is 4.79 Å². The van der Waals surface area contributed by atoms with Crippen LogP contribution in [0.3, 0.4) is 0 Å². The SMILES string of the molecule is CNC(=O)C[C@H](C)N(C)C(=O)Nc1ccc(Cl)c(C)c1Cl. The Hall–Kier alpha value is -1.46. The summed E-state index contributed by atoms with van der Waals surface area (Å²) in [6, 6.07) is 2.74. The molecule has 7 heteroatoms. The van der Waals surface area contributed by atoms with Crippen LogP contribution in [0.1, 0.15) is 18.9 Å². The van der Waals surface area contributed by atoms with Gasteiger partial charge in [0, 0.05) is 31.6 Å². The van der Waals surface area contributed by atoms with Crippen molar-refractivity contribution in [3.05, 3.63) is 27.7 Å². The Morgan fingerprint density at radius 1 is 1.33 bits per heavy atom. The van der Waals surface area contributed by atoms with Gasteiger partial charge in [0.1, 0.15) is 0 Å². The molecule has 0 aliphatic carbocycles. The Bertz CT molecular complexity index is 549. The number of amides is 3. The number of hydrogen-bond acceptors (Lipinski definition) is 2. The van der Waals surface area contributed by atoms with Crippen LogP contribution in [0, 0.1) is 6.92 Å². The molecular weight excluding hydrogens is 313 g/mol. The van der Waals surface area contributed by atoms with Crippen LogP contribution in [0.5, 0.6) is 0 Å². The highest BCUT2D eigenvalue weighted by atomic mass is 35.5. The second kappa shape index (κ2) is 7.52. The van der Waals surface area contributed by atoms with Crippen molar-refractivity contribution < 1.29 is 9.59 Å². The van der Waals surface area contributed by atoms with Crippen molar-refractivity contribution in [1.82, 2.24) is 10.2 Å². The topological polar surface area (TPSA) is 61.4 Å². The molecule has 5 nitrogen and oxygen atoms in total. The summed E-state index contributed by atoms with van der Waals surface area (Å²) in [5, 5.41) is 6.19. The molecule has 0 spiro atoms. The number of anilines is 1. The summed E-state index contributed by atoms with van der Waals surface area (Å²) in [6.07, 6.45) is 0.230. The third-order valence-electron chi connectivity index (χ3n) is 3.30. The van der Waals surface area contributed by atoms with Crippen molar-refractivity contribution in [2.24, 2.45) is 0 Å². The van der Waals surface area contributed by atoms with Crippen LogP contribution >= 0.6 is 23.2 Å². The molecule has 116 valence electrons. The highest BCUT2D eigenvalue weighted by molar-refractivity contribution is 6.38. The molecule has 21 heavy (non-hydrogen) atoms. The average Bonchev–Trinajstić information content (AvgIpc) is 2.46. The van der Waals surface area contributed by atoms with Crippen LogP contribution in [0.25, 0.3) is 0 Å². The Morgan fingerprint density at radius 3 is 2.52 bits per heavy atom. The van der Waals surface area contributed by atoms with Gasteiger partial charge in [0.25, 0.3) is 0 Å². The first kappa shape index (κ1) is 17.6. The minimum Gasteiger partial charge on any atom is -0.359 e. The van der Waals surface area contributed by atoms with Gasteiger partial charge in [0.15, 0.2) is 0 Å². The molecule has 1 aromatic carbocycles. The lowest BCUT2D eigenvalue weighted by molar-refractivity contribution is -0.121. The first-order chi connectivity index (χ1) is 9.77. The summed E-state index contributed by atoms with van der Waals surface area (Å²) in [5.74, 6) is -0.123. The molecule has 3 amide bonds. The second-order valence-electron chi connectivity index (χ2n) is 4.80. The van der Waals surface area contributed by atoms with Crippen molar-refractivity contribution in [2.75, 3.05) is 19.4 Å². The van der Waals surface area contributed by atoms with E-state index in [2.05, 4.69) is 10.6 Å². The standard InChI is InChI=1S/C14H19Cl2N3O2/c1-8(7-12(20)17-3)19(4)14(21)18-11-6-5-10(15)9(2)13(11)16/h5-6,8H,7H2,1-4H3,(H,17,20)(H,18,21)/t8-/m0/s1. The summed E-state index contributed by atoms with van der Waals surface area (Å²) < 4.78 is 0. The fourth-order valence-corrected chi connectivity index (χ4v) is 2.09. The zero-order chi connectivity index (χ0) is 16.2. The Kier molecular flexibility index (Phi) is 6.30. The third-order valence-corrected chi connectivity index (χ3v) is 4.20. The Labute approximate surface area is 134 Å².